The van der Waals surface area contributed by atoms with Crippen LogP contribution in [0.5, 0.6) is 0 Å². The minimum atomic E-state index is -1.48. The number of aryl methyl sites for hydroxylation is 1. The minimum absolute atomic E-state index is 0. The van der Waals surface area contributed by atoms with E-state index in [0.717, 1.165) is 16.8 Å². The molecular formula is C23H21N4NaO3. The normalized spacial score (nSPS) is 15.7. The number of fused-ring (bicyclic) bond motifs is 1. The molecule has 8 heteroatoms. The summed E-state index contributed by atoms with van der Waals surface area (Å²) >= 11 is 0. The molecule has 0 aliphatic carbocycles. The van der Waals surface area contributed by atoms with Gasteiger partial charge in [0.1, 0.15) is 5.41 Å². The van der Waals surface area contributed by atoms with E-state index < -0.39 is 16.9 Å². The molecule has 1 saturated heterocycles. The number of hydrogen-bond donors (Lipinski definition) is 0. The summed E-state index contributed by atoms with van der Waals surface area (Å²) < 4.78 is 1.38. The average Bonchev–Trinajstić information content (AvgIpc) is 2.77. The predicted octanol–water partition coefficient (Wildman–Crippen LogP) is -1.57. The van der Waals surface area contributed by atoms with Gasteiger partial charge in [0.2, 0.25) is 0 Å². The van der Waals surface area contributed by atoms with Crippen molar-refractivity contribution >= 4 is 11.5 Å². The zero-order valence-electron chi connectivity index (χ0n) is 17.7. The van der Waals surface area contributed by atoms with Crippen molar-refractivity contribution in [3.8, 4) is 6.07 Å². The first-order valence-electron chi connectivity index (χ1n) is 9.85. The van der Waals surface area contributed by atoms with Crippen molar-refractivity contribution in [2.24, 2.45) is 0 Å². The van der Waals surface area contributed by atoms with Gasteiger partial charge in [0, 0.05) is 32.0 Å². The SMILES string of the molecule is Cc1cccn2c(=O)c(C(=O)[O-])cc(CN3CCC(C#N)(c4ccccn4)CC3)c12.[Na+]. The van der Waals surface area contributed by atoms with Gasteiger partial charge in [0.05, 0.1) is 28.8 Å². The van der Waals surface area contributed by atoms with Gasteiger partial charge in [-0.1, -0.05) is 12.1 Å². The molecular weight excluding hydrogens is 403 g/mol. The Morgan fingerprint density at radius 3 is 2.61 bits per heavy atom. The fourth-order valence-corrected chi connectivity index (χ4v) is 4.30. The van der Waals surface area contributed by atoms with Crippen LogP contribution < -0.4 is 40.2 Å². The minimum Gasteiger partial charge on any atom is -0.545 e. The monoisotopic (exact) mass is 424 g/mol. The fraction of sp³-hybridized carbons (Fsp3) is 0.304. The van der Waals surface area contributed by atoms with Crippen LogP contribution in [0.2, 0.25) is 0 Å². The van der Waals surface area contributed by atoms with E-state index in [1.807, 2.05) is 31.2 Å². The number of carboxylic acid groups (broad SMARTS) is 1. The first kappa shape index (κ1) is 23.2. The maximum atomic E-state index is 12.5. The number of likely N-dealkylation sites (tertiary alicyclic amines) is 1. The van der Waals surface area contributed by atoms with E-state index in [9.17, 15) is 20.0 Å². The predicted molar refractivity (Wildman–Crippen MR) is 109 cm³/mol. The van der Waals surface area contributed by atoms with Gasteiger partial charge in [0.25, 0.3) is 5.56 Å². The van der Waals surface area contributed by atoms with Gasteiger partial charge in [-0.3, -0.25) is 19.1 Å². The number of nitriles is 1. The number of carboxylic acids is 1. The quantitative estimate of drug-likeness (QED) is 0.469. The molecule has 31 heavy (non-hydrogen) atoms. The third kappa shape index (κ3) is 4.30. The Morgan fingerprint density at radius 2 is 2.00 bits per heavy atom. The van der Waals surface area contributed by atoms with Crippen LogP contribution in [0.4, 0.5) is 0 Å². The molecule has 0 unspecified atom stereocenters. The molecule has 1 aliphatic rings. The van der Waals surface area contributed by atoms with Gasteiger partial charge in [-0.15, -0.1) is 0 Å². The molecule has 0 amide bonds. The molecule has 4 heterocycles. The zero-order chi connectivity index (χ0) is 21.3. The number of piperidine rings is 1. The summed E-state index contributed by atoms with van der Waals surface area (Å²) in [6.45, 7) is 3.72. The molecule has 152 valence electrons. The van der Waals surface area contributed by atoms with Gasteiger partial charge in [0.15, 0.2) is 0 Å². The number of aromatic carboxylic acids is 1. The second-order valence-electron chi connectivity index (χ2n) is 7.77. The Morgan fingerprint density at radius 1 is 1.26 bits per heavy atom. The summed E-state index contributed by atoms with van der Waals surface area (Å²) in [6.07, 6.45) is 4.56. The summed E-state index contributed by atoms with van der Waals surface area (Å²) in [5, 5.41) is 21.4. The molecule has 1 fully saturated rings. The molecule has 0 N–H and O–H groups in total. The number of carbonyl (C=O) groups excluding carboxylic acids is 1. The van der Waals surface area contributed by atoms with Crippen LogP contribution in [0.25, 0.3) is 5.52 Å². The second-order valence-corrected chi connectivity index (χ2v) is 7.77. The maximum Gasteiger partial charge on any atom is 1.00 e. The van der Waals surface area contributed by atoms with Crippen molar-refractivity contribution in [2.75, 3.05) is 13.1 Å². The molecule has 3 aromatic heterocycles. The molecule has 3 aromatic rings. The smallest absolute Gasteiger partial charge is 0.545 e. The van der Waals surface area contributed by atoms with E-state index in [4.69, 9.17) is 0 Å². The van der Waals surface area contributed by atoms with Crippen LogP contribution >= 0.6 is 0 Å². The molecule has 0 radical (unpaired) electrons. The van der Waals surface area contributed by atoms with Crippen molar-refractivity contribution in [1.82, 2.24) is 14.3 Å². The number of hydrogen-bond acceptors (Lipinski definition) is 6. The third-order valence-corrected chi connectivity index (χ3v) is 5.96. The molecule has 0 bridgehead atoms. The summed E-state index contributed by atoms with van der Waals surface area (Å²) in [6, 6.07) is 13.2. The van der Waals surface area contributed by atoms with E-state index in [2.05, 4.69) is 16.0 Å². The molecule has 4 rings (SSSR count). The van der Waals surface area contributed by atoms with E-state index >= 15 is 0 Å². The van der Waals surface area contributed by atoms with E-state index in [0.29, 0.717) is 38.0 Å². The fourth-order valence-electron chi connectivity index (χ4n) is 4.30. The van der Waals surface area contributed by atoms with Gasteiger partial charge in [-0.05, 0) is 55.2 Å². The topological polar surface area (TPSA) is 102 Å². The van der Waals surface area contributed by atoms with Gasteiger partial charge in [-0.25, -0.2) is 0 Å². The maximum absolute atomic E-state index is 12.5. The average molecular weight is 424 g/mol. The van der Waals surface area contributed by atoms with Crippen LogP contribution in [0, 0.1) is 18.3 Å². The number of pyridine rings is 3. The van der Waals surface area contributed by atoms with Gasteiger partial charge in [-0.2, -0.15) is 5.26 Å². The summed E-state index contributed by atoms with van der Waals surface area (Å²) in [7, 11) is 0. The number of rotatable bonds is 4. The van der Waals surface area contributed by atoms with Crippen LogP contribution in [-0.4, -0.2) is 33.3 Å². The Hall–Kier alpha value is -2.50. The molecule has 0 atom stereocenters. The number of aromatic nitrogens is 2. The first-order valence-corrected chi connectivity index (χ1v) is 9.85. The van der Waals surface area contributed by atoms with Crippen molar-refractivity contribution in [2.45, 2.75) is 31.7 Å². The number of nitrogens with zero attached hydrogens (tertiary/aromatic N) is 4. The molecule has 0 aromatic carbocycles. The molecule has 1 aliphatic heterocycles. The van der Waals surface area contributed by atoms with Crippen LogP contribution in [0.15, 0.2) is 53.6 Å². The summed E-state index contributed by atoms with van der Waals surface area (Å²) in [4.78, 5) is 30.6. The second kappa shape index (κ2) is 9.33. The largest absolute Gasteiger partial charge is 1.00 e. The van der Waals surface area contributed by atoms with E-state index in [1.54, 1.807) is 18.5 Å². The van der Waals surface area contributed by atoms with Crippen molar-refractivity contribution in [3.05, 3.63) is 81.5 Å². The molecule has 0 spiro atoms. The van der Waals surface area contributed by atoms with Gasteiger partial charge >= 0.3 is 29.6 Å². The Labute approximate surface area is 202 Å². The molecule has 7 nitrogen and oxygen atoms in total. The summed E-state index contributed by atoms with van der Waals surface area (Å²) in [5.41, 5.74) is 1.62. The van der Waals surface area contributed by atoms with Crippen molar-refractivity contribution < 1.29 is 39.5 Å². The van der Waals surface area contributed by atoms with Gasteiger partial charge < -0.3 is 9.90 Å². The van der Waals surface area contributed by atoms with E-state index in [-0.39, 0.29) is 35.1 Å². The van der Waals surface area contributed by atoms with Crippen molar-refractivity contribution in [3.63, 3.8) is 0 Å². The molecule has 0 saturated carbocycles. The Kier molecular flexibility index (Phi) is 6.97. The zero-order valence-corrected chi connectivity index (χ0v) is 19.7. The Balaban J connectivity index is 0.00000272. The summed E-state index contributed by atoms with van der Waals surface area (Å²) in [5.74, 6) is -1.48. The first-order chi connectivity index (χ1) is 14.4. The number of carbonyl (C=O) groups is 1. The van der Waals surface area contributed by atoms with Crippen LogP contribution in [0.1, 0.15) is 40.0 Å². The van der Waals surface area contributed by atoms with E-state index in [1.165, 1.54) is 10.5 Å². The van der Waals surface area contributed by atoms with Crippen LogP contribution in [0.3, 0.4) is 0 Å². The van der Waals surface area contributed by atoms with Crippen molar-refractivity contribution in [1.29, 1.82) is 5.26 Å². The third-order valence-electron chi connectivity index (χ3n) is 5.96. The Bertz CT molecular complexity index is 1210. The van der Waals surface area contributed by atoms with Crippen LogP contribution in [-0.2, 0) is 12.0 Å². The standard InChI is InChI=1S/C23H22N4O3.Na/c1-16-5-4-10-27-20(16)17(13-18(21(27)28)22(29)30)14-26-11-7-23(15-24,8-12-26)19-6-2-3-9-25-19;/h2-6,9-10,13H,7-8,11-12,14H2,1H3,(H,29,30);/q;+1/p-1.